The number of aromatic carboxylic acids is 1. The minimum absolute atomic E-state index is 0.0264. The van der Waals surface area contributed by atoms with E-state index in [0.717, 1.165) is 23.3 Å². The van der Waals surface area contributed by atoms with Gasteiger partial charge in [0, 0.05) is 24.1 Å². The predicted octanol–water partition coefficient (Wildman–Crippen LogP) is 2.79. The lowest BCUT2D eigenvalue weighted by atomic mass is 10.1. The van der Waals surface area contributed by atoms with Gasteiger partial charge in [-0.2, -0.15) is 0 Å². The van der Waals surface area contributed by atoms with Crippen molar-refractivity contribution in [2.45, 2.75) is 26.0 Å². The van der Waals surface area contributed by atoms with Crippen molar-refractivity contribution in [1.29, 1.82) is 0 Å². The Kier molecular flexibility index (Phi) is 5.53. The summed E-state index contributed by atoms with van der Waals surface area (Å²) in [7, 11) is 0. The Bertz CT molecular complexity index is 812. The smallest absolute Gasteiger partial charge is 0.335 e. The highest BCUT2D eigenvalue weighted by Crippen LogP contribution is 2.24. The van der Waals surface area contributed by atoms with Crippen LogP contribution in [0.25, 0.3) is 0 Å². The molecule has 136 valence electrons. The fraction of sp³-hybridized carbons (Fsp3) is 0.300. The maximum Gasteiger partial charge on any atom is 0.335 e. The third-order valence-corrected chi connectivity index (χ3v) is 4.22. The molecule has 2 N–H and O–H groups in total. The average Bonchev–Trinajstić information content (AvgIpc) is 3.14. The second kappa shape index (κ2) is 8.01. The van der Waals surface area contributed by atoms with E-state index in [1.165, 1.54) is 12.1 Å². The number of aryl methyl sites for hydroxylation is 1. The van der Waals surface area contributed by atoms with Crippen LogP contribution in [0, 0.1) is 6.92 Å². The SMILES string of the molecule is Cc1ccc(CNC(=O)c2cccc(C(=O)O)c2)c(OC2CCOC2)c1. The first kappa shape index (κ1) is 17.9. The summed E-state index contributed by atoms with van der Waals surface area (Å²) < 4.78 is 11.4. The van der Waals surface area contributed by atoms with Gasteiger partial charge in [-0.15, -0.1) is 0 Å². The summed E-state index contributed by atoms with van der Waals surface area (Å²) in [5.41, 5.74) is 2.33. The molecule has 1 atom stereocenters. The number of nitrogens with one attached hydrogen (secondary N) is 1. The van der Waals surface area contributed by atoms with Crippen molar-refractivity contribution in [3.8, 4) is 5.75 Å². The van der Waals surface area contributed by atoms with Gasteiger partial charge >= 0.3 is 5.97 Å². The van der Waals surface area contributed by atoms with Crippen molar-refractivity contribution >= 4 is 11.9 Å². The number of carboxylic acid groups (broad SMARTS) is 1. The summed E-state index contributed by atoms with van der Waals surface area (Å²) in [5.74, 6) is -0.656. The van der Waals surface area contributed by atoms with Crippen molar-refractivity contribution in [2.75, 3.05) is 13.2 Å². The van der Waals surface area contributed by atoms with Crippen LogP contribution >= 0.6 is 0 Å². The topological polar surface area (TPSA) is 84.9 Å². The minimum atomic E-state index is -1.06. The lowest BCUT2D eigenvalue weighted by molar-refractivity contribution is 0.0697. The molecule has 1 aliphatic heterocycles. The first-order chi connectivity index (χ1) is 12.5. The molecule has 0 bridgehead atoms. The molecule has 6 heteroatoms. The van der Waals surface area contributed by atoms with Gasteiger partial charge in [0.15, 0.2) is 0 Å². The fourth-order valence-corrected chi connectivity index (χ4v) is 2.77. The Balaban J connectivity index is 1.69. The normalized spacial score (nSPS) is 16.3. The molecule has 0 spiro atoms. The molecular weight excluding hydrogens is 334 g/mol. The van der Waals surface area contributed by atoms with Gasteiger partial charge in [-0.1, -0.05) is 18.2 Å². The number of hydrogen-bond acceptors (Lipinski definition) is 4. The molecule has 2 aromatic carbocycles. The predicted molar refractivity (Wildman–Crippen MR) is 95.6 cm³/mol. The quantitative estimate of drug-likeness (QED) is 0.832. The van der Waals surface area contributed by atoms with Crippen LogP contribution < -0.4 is 10.1 Å². The van der Waals surface area contributed by atoms with E-state index in [2.05, 4.69) is 5.32 Å². The molecule has 0 radical (unpaired) electrons. The van der Waals surface area contributed by atoms with Crippen LogP contribution in [0.2, 0.25) is 0 Å². The van der Waals surface area contributed by atoms with E-state index < -0.39 is 5.97 Å². The second-order valence-electron chi connectivity index (χ2n) is 6.28. The van der Waals surface area contributed by atoms with E-state index in [9.17, 15) is 9.59 Å². The van der Waals surface area contributed by atoms with Gasteiger partial charge in [0.05, 0.1) is 18.8 Å². The highest BCUT2D eigenvalue weighted by molar-refractivity contribution is 5.97. The number of ether oxygens (including phenoxy) is 2. The summed E-state index contributed by atoms with van der Waals surface area (Å²) in [6.07, 6.45) is 0.875. The van der Waals surface area contributed by atoms with E-state index in [-0.39, 0.29) is 17.6 Å². The Morgan fingerprint density at radius 1 is 1.23 bits per heavy atom. The monoisotopic (exact) mass is 355 g/mol. The van der Waals surface area contributed by atoms with Gasteiger partial charge in [0.1, 0.15) is 11.9 Å². The maximum atomic E-state index is 12.4. The summed E-state index contributed by atoms with van der Waals surface area (Å²) in [6.45, 7) is 3.54. The average molecular weight is 355 g/mol. The molecule has 0 aliphatic carbocycles. The zero-order chi connectivity index (χ0) is 18.5. The van der Waals surface area contributed by atoms with E-state index >= 15 is 0 Å². The third-order valence-electron chi connectivity index (χ3n) is 4.22. The van der Waals surface area contributed by atoms with E-state index in [0.29, 0.717) is 25.3 Å². The summed E-state index contributed by atoms with van der Waals surface area (Å²) in [4.78, 5) is 23.4. The Morgan fingerprint density at radius 2 is 2.04 bits per heavy atom. The summed E-state index contributed by atoms with van der Waals surface area (Å²) >= 11 is 0. The molecule has 0 saturated carbocycles. The molecule has 0 aromatic heterocycles. The molecule has 1 heterocycles. The molecule has 1 aliphatic rings. The van der Waals surface area contributed by atoms with Crippen LogP contribution in [-0.2, 0) is 11.3 Å². The second-order valence-corrected chi connectivity index (χ2v) is 6.28. The molecule has 2 aromatic rings. The van der Waals surface area contributed by atoms with Crippen molar-refractivity contribution in [2.24, 2.45) is 0 Å². The Hall–Kier alpha value is -2.86. The van der Waals surface area contributed by atoms with Gasteiger partial charge < -0.3 is 19.9 Å². The number of amides is 1. The molecular formula is C20H21NO5. The Morgan fingerprint density at radius 3 is 2.77 bits per heavy atom. The summed E-state index contributed by atoms with van der Waals surface area (Å²) in [5, 5.41) is 11.9. The summed E-state index contributed by atoms with van der Waals surface area (Å²) in [6, 6.07) is 11.8. The highest BCUT2D eigenvalue weighted by atomic mass is 16.5. The third kappa shape index (κ3) is 4.40. The molecule has 1 amide bonds. The van der Waals surface area contributed by atoms with Crippen LogP contribution in [0.5, 0.6) is 5.75 Å². The number of hydrogen-bond donors (Lipinski definition) is 2. The van der Waals surface area contributed by atoms with Crippen LogP contribution in [0.4, 0.5) is 0 Å². The van der Waals surface area contributed by atoms with Gasteiger partial charge in [-0.3, -0.25) is 4.79 Å². The van der Waals surface area contributed by atoms with Crippen molar-refractivity contribution in [3.05, 3.63) is 64.7 Å². The van der Waals surface area contributed by atoms with Crippen molar-refractivity contribution in [1.82, 2.24) is 5.32 Å². The fourth-order valence-electron chi connectivity index (χ4n) is 2.77. The van der Waals surface area contributed by atoms with Crippen LogP contribution in [0.15, 0.2) is 42.5 Å². The van der Waals surface area contributed by atoms with E-state index in [4.69, 9.17) is 14.6 Å². The van der Waals surface area contributed by atoms with Crippen LogP contribution in [0.3, 0.4) is 0 Å². The van der Waals surface area contributed by atoms with Crippen molar-refractivity contribution in [3.63, 3.8) is 0 Å². The van der Waals surface area contributed by atoms with E-state index in [1.807, 2.05) is 25.1 Å². The number of rotatable bonds is 6. The van der Waals surface area contributed by atoms with Gasteiger partial charge in [-0.25, -0.2) is 4.79 Å². The maximum absolute atomic E-state index is 12.4. The first-order valence-electron chi connectivity index (χ1n) is 8.48. The van der Waals surface area contributed by atoms with Gasteiger partial charge in [0.2, 0.25) is 0 Å². The standard InChI is InChI=1S/C20H21NO5/c1-13-5-6-16(18(9-13)26-17-7-8-25-12-17)11-21-19(22)14-3-2-4-15(10-14)20(23)24/h2-6,9-10,17H,7-8,11-12H2,1H3,(H,21,22)(H,23,24). The number of carboxylic acids is 1. The first-order valence-corrected chi connectivity index (χ1v) is 8.48. The van der Waals surface area contributed by atoms with Crippen LogP contribution in [0.1, 0.15) is 38.3 Å². The number of carbonyl (C=O) groups is 2. The molecule has 1 unspecified atom stereocenters. The largest absolute Gasteiger partial charge is 0.488 e. The van der Waals surface area contributed by atoms with Crippen LogP contribution in [-0.4, -0.2) is 36.3 Å². The lowest BCUT2D eigenvalue weighted by Gasteiger charge is -2.17. The number of benzene rings is 2. The minimum Gasteiger partial charge on any atom is -0.488 e. The number of carbonyl (C=O) groups excluding carboxylic acids is 1. The lowest BCUT2D eigenvalue weighted by Crippen LogP contribution is -2.24. The molecule has 1 fully saturated rings. The molecule has 3 rings (SSSR count). The molecule has 26 heavy (non-hydrogen) atoms. The Labute approximate surface area is 151 Å². The van der Waals surface area contributed by atoms with Crippen molar-refractivity contribution < 1.29 is 24.2 Å². The van der Waals surface area contributed by atoms with Gasteiger partial charge in [-0.05, 0) is 36.8 Å². The zero-order valence-electron chi connectivity index (χ0n) is 14.5. The van der Waals surface area contributed by atoms with E-state index in [1.54, 1.807) is 12.1 Å². The van der Waals surface area contributed by atoms with Gasteiger partial charge in [0.25, 0.3) is 5.91 Å². The zero-order valence-corrected chi connectivity index (χ0v) is 14.5. The molecule has 1 saturated heterocycles. The molecule has 6 nitrogen and oxygen atoms in total. The highest BCUT2D eigenvalue weighted by Gasteiger charge is 2.19.